The van der Waals surface area contributed by atoms with Crippen molar-refractivity contribution in [2.24, 2.45) is 0 Å². The number of hydrogen-bond donors (Lipinski definition) is 2. The highest BCUT2D eigenvalue weighted by molar-refractivity contribution is 7.90. The third-order valence-electron chi connectivity index (χ3n) is 2.32. The Hall–Kier alpha value is -0.730. The molecule has 0 radical (unpaired) electrons. The molecule has 0 spiro atoms. The molecule has 0 aliphatic rings. The van der Waals surface area contributed by atoms with Gasteiger partial charge in [0.25, 0.3) is 0 Å². The van der Waals surface area contributed by atoms with E-state index in [9.17, 15) is 17.7 Å². The van der Waals surface area contributed by atoms with E-state index in [4.69, 9.17) is 0 Å². The molecule has 0 amide bonds. The van der Waals surface area contributed by atoms with E-state index < -0.39 is 23.2 Å². The van der Waals surface area contributed by atoms with Crippen molar-refractivity contribution in [3.63, 3.8) is 0 Å². The van der Waals surface area contributed by atoms with Crippen LogP contribution < -0.4 is 4.72 Å². The van der Waals surface area contributed by atoms with Gasteiger partial charge in [0.1, 0.15) is 5.25 Å². The van der Waals surface area contributed by atoms with Gasteiger partial charge in [-0.1, -0.05) is 6.92 Å². The summed E-state index contributed by atoms with van der Waals surface area (Å²) in [6.45, 7) is 3.48. The average molecular weight is 269 g/mol. The fourth-order valence-electron chi connectivity index (χ4n) is 1.14. The number of aromatic nitrogens is 2. The molecule has 2 atom stereocenters. The summed E-state index contributed by atoms with van der Waals surface area (Å²) >= 11 is -1.35. The zero-order valence-corrected chi connectivity index (χ0v) is 10.3. The number of H-pyrrole nitrogens is 1. The second-order valence-corrected chi connectivity index (χ2v) is 5.25. The second kappa shape index (κ2) is 5.74. The van der Waals surface area contributed by atoms with Crippen LogP contribution in [0.25, 0.3) is 0 Å². The lowest BCUT2D eigenvalue weighted by atomic mass is 10.3. The lowest BCUT2D eigenvalue weighted by molar-refractivity contribution is -0.141. The lowest BCUT2D eigenvalue weighted by Gasteiger charge is -2.16. The van der Waals surface area contributed by atoms with Gasteiger partial charge >= 0.3 is 6.18 Å². The number of imidazole rings is 1. The van der Waals surface area contributed by atoms with Gasteiger partial charge in [0, 0.05) is 11.4 Å². The number of aromatic amines is 1. The van der Waals surface area contributed by atoms with Crippen LogP contribution in [-0.4, -0.2) is 19.8 Å². The molecule has 2 N–H and O–H groups in total. The Morgan fingerprint density at radius 3 is 2.76 bits per heavy atom. The smallest absolute Gasteiger partial charge is 0.435 e. The van der Waals surface area contributed by atoms with Crippen LogP contribution in [0.5, 0.6) is 0 Å². The van der Waals surface area contributed by atoms with Crippen molar-refractivity contribution in [2.75, 3.05) is 0 Å². The van der Waals surface area contributed by atoms with Crippen molar-refractivity contribution in [1.82, 2.24) is 14.7 Å². The van der Waals surface area contributed by atoms with Crippen molar-refractivity contribution >= 4 is 11.4 Å². The van der Waals surface area contributed by atoms with E-state index in [2.05, 4.69) is 14.7 Å². The molecule has 0 aromatic carbocycles. The summed E-state index contributed by atoms with van der Waals surface area (Å²) < 4.78 is 51.4. The maximum absolute atomic E-state index is 12.4. The molecule has 4 nitrogen and oxygen atoms in total. The topological polar surface area (TPSA) is 63.8 Å². The Balaban J connectivity index is 2.61. The molecule has 0 bridgehead atoms. The van der Waals surface area contributed by atoms with Gasteiger partial charge < -0.3 is 9.54 Å². The lowest BCUT2D eigenvalue weighted by Crippen LogP contribution is -2.32. The molecule has 0 aliphatic carbocycles. The Kier molecular flexibility index (Phi) is 4.84. The van der Waals surface area contributed by atoms with Gasteiger partial charge in [0.05, 0.1) is 18.6 Å². The minimum atomic E-state index is -4.49. The SMILES string of the molecule is CCC(C)[S+]([O-])NCc1[nH]cnc1C(F)(F)F. The Morgan fingerprint density at radius 1 is 1.59 bits per heavy atom. The number of nitrogens with zero attached hydrogens (tertiary/aromatic N) is 1. The summed E-state index contributed by atoms with van der Waals surface area (Å²) in [4.78, 5) is 5.61. The third-order valence-corrected chi connectivity index (χ3v) is 3.81. The third kappa shape index (κ3) is 3.90. The Bertz CT molecular complexity index is 356. The first-order chi connectivity index (χ1) is 7.86. The van der Waals surface area contributed by atoms with Crippen LogP contribution in [0.1, 0.15) is 31.7 Å². The second-order valence-electron chi connectivity index (χ2n) is 3.56. The summed E-state index contributed by atoms with van der Waals surface area (Å²) in [5.41, 5.74) is -1.07. The van der Waals surface area contributed by atoms with Crippen LogP contribution in [-0.2, 0) is 24.1 Å². The maximum Gasteiger partial charge on any atom is 0.435 e. The predicted molar refractivity (Wildman–Crippen MR) is 58.3 cm³/mol. The molecule has 1 rings (SSSR count). The number of halogens is 3. The van der Waals surface area contributed by atoms with Gasteiger partial charge in [-0.3, -0.25) is 0 Å². The number of hydrogen-bond acceptors (Lipinski definition) is 3. The molecule has 2 unspecified atom stereocenters. The molecular weight excluding hydrogens is 255 g/mol. The van der Waals surface area contributed by atoms with Crippen molar-refractivity contribution in [1.29, 1.82) is 0 Å². The molecule has 8 heteroatoms. The van der Waals surface area contributed by atoms with Crippen molar-refractivity contribution in [2.45, 2.75) is 38.2 Å². The minimum Gasteiger partial charge on any atom is -0.598 e. The highest BCUT2D eigenvalue weighted by Crippen LogP contribution is 2.29. The zero-order chi connectivity index (χ0) is 13.1. The quantitative estimate of drug-likeness (QED) is 0.803. The van der Waals surface area contributed by atoms with E-state index in [0.29, 0.717) is 6.42 Å². The summed E-state index contributed by atoms with van der Waals surface area (Å²) in [7, 11) is 0. The van der Waals surface area contributed by atoms with E-state index >= 15 is 0 Å². The fourth-order valence-corrected chi connectivity index (χ4v) is 2.01. The first kappa shape index (κ1) is 14.3. The van der Waals surface area contributed by atoms with Crippen molar-refractivity contribution in [3.8, 4) is 0 Å². The van der Waals surface area contributed by atoms with Crippen LogP contribution in [0.4, 0.5) is 13.2 Å². The van der Waals surface area contributed by atoms with Crippen LogP contribution in [0.3, 0.4) is 0 Å². The molecule has 0 aliphatic heterocycles. The van der Waals surface area contributed by atoms with E-state index in [-0.39, 0.29) is 17.5 Å². The van der Waals surface area contributed by atoms with Gasteiger partial charge in [0.2, 0.25) is 0 Å². The van der Waals surface area contributed by atoms with Gasteiger partial charge in [-0.2, -0.15) is 13.2 Å². The molecule has 0 saturated heterocycles. The van der Waals surface area contributed by atoms with E-state index in [1.165, 1.54) is 0 Å². The Morgan fingerprint density at radius 2 is 2.24 bits per heavy atom. The minimum absolute atomic E-state index is 0.103. The molecule has 0 fully saturated rings. The molecule has 17 heavy (non-hydrogen) atoms. The fraction of sp³-hybridized carbons (Fsp3) is 0.667. The van der Waals surface area contributed by atoms with E-state index in [0.717, 1.165) is 6.33 Å². The summed E-state index contributed by atoms with van der Waals surface area (Å²) in [5.74, 6) is 0. The summed E-state index contributed by atoms with van der Waals surface area (Å²) in [5, 5.41) is -0.104. The number of alkyl halides is 3. The molecule has 1 aromatic rings. The first-order valence-electron chi connectivity index (χ1n) is 5.09. The van der Waals surface area contributed by atoms with Crippen LogP contribution in [0, 0.1) is 0 Å². The van der Waals surface area contributed by atoms with E-state index in [1.807, 2.05) is 6.92 Å². The molecule has 1 heterocycles. The zero-order valence-electron chi connectivity index (χ0n) is 9.47. The Labute approximate surface area is 100 Å². The van der Waals surface area contributed by atoms with Crippen LogP contribution >= 0.6 is 0 Å². The first-order valence-corrected chi connectivity index (χ1v) is 6.31. The summed E-state index contributed by atoms with van der Waals surface area (Å²) in [6, 6.07) is 0. The standard InChI is InChI=1S/C9H14F3N3OS/c1-3-6(2)17(16)15-4-7-8(9(10,11)12)14-5-13-7/h5-6,15H,3-4H2,1-2H3,(H,13,14). The van der Waals surface area contributed by atoms with Gasteiger partial charge in [-0.15, -0.1) is 4.72 Å². The number of nitrogens with one attached hydrogen (secondary N) is 2. The highest BCUT2D eigenvalue weighted by atomic mass is 32.2. The average Bonchev–Trinajstić information content (AvgIpc) is 2.72. The largest absolute Gasteiger partial charge is 0.598 e. The summed E-state index contributed by atoms with van der Waals surface area (Å²) in [6.07, 6.45) is -2.82. The van der Waals surface area contributed by atoms with Crippen molar-refractivity contribution in [3.05, 3.63) is 17.7 Å². The predicted octanol–water partition coefficient (Wildman–Crippen LogP) is 1.98. The van der Waals surface area contributed by atoms with Crippen LogP contribution in [0.2, 0.25) is 0 Å². The molecule has 0 saturated carbocycles. The number of rotatable bonds is 5. The molecular formula is C9H14F3N3OS. The van der Waals surface area contributed by atoms with Gasteiger partial charge in [-0.05, 0) is 13.3 Å². The van der Waals surface area contributed by atoms with E-state index in [1.54, 1.807) is 6.92 Å². The van der Waals surface area contributed by atoms with Crippen molar-refractivity contribution < 1.29 is 17.7 Å². The highest BCUT2D eigenvalue weighted by Gasteiger charge is 2.36. The van der Waals surface area contributed by atoms with Crippen LogP contribution in [0.15, 0.2) is 6.33 Å². The maximum atomic E-state index is 12.4. The van der Waals surface area contributed by atoms with Gasteiger partial charge in [-0.25, -0.2) is 4.98 Å². The normalized spacial score (nSPS) is 15.9. The van der Waals surface area contributed by atoms with Gasteiger partial charge in [0.15, 0.2) is 5.69 Å². The monoisotopic (exact) mass is 269 g/mol. The molecule has 1 aromatic heterocycles. The molecule has 98 valence electrons.